The molecule has 2 nitrogen and oxygen atoms in total. The summed E-state index contributed by atoms with van der Waals surface area (Å²) in [6, 6.07) is 4.26. The fraction of sp³-hybridized carbons (Fsp3) is 0.636. The minimum absolute atomic E-state index is 0. The molecule has 1 aromatic rings. The van der Waals surface area contributed by atoms with Gasteiger partial charge in [0.2, 0.25) is 0 Å². The van der Waals surface area contributed by atoms with Gasteiger partial charge in [0.05, 0.1) is 0 Å². The van der Waals surface area contributed by atoms with E-state index >= 15 is 0 Å². The second-order valence-electron chi connectivity index (χ2n) is 6.61. The average Bonchev–Trinajstić information content (AvgIpc) is 2.62. The van der Waals surface area contributed by atoms with Gasteiger partial charge in [0.15, 0.2) is 5.78 Å². The molecule has 0 aromatic heterocycles. The summed E-state index contributed by atoms with van der Waals surface area (Å²) in [4.78, 5) is 16.5. The molecule has 24 heavy (non-hydrogen) atoms. The highest BCUT2D eigenvalue weighted by atomic mass is 16.1. The Labute approximate surface area is 150 Å². The Kier molecular flexibility index (Phi) is 8.95. The fourth-order valence-electron chi connectivity index (χ4n) is 3.69. The van der Waals surface area contributed by atoms with Crippen molar-refractivity contribution in [1.82, 2.24) is 0 Å². The second kappa shape index (κ2) is 10.4. The standard InChI is InChI=1S/C20H29NO.C2H6.H2/c1-5-17-11-14(2)18(15(3)22)13-19(17)20(21-4)12-16-9-7-6-8-10-16;1-2;/h11,13,16H,5-10,12H2,1-4H3;1-2H3;1H. The molecule has 0 spiro atoms. The first-order valence-electron chi connectivity index (χ1n) is 9.67. The minimum Gasteiger partial charge on any atom is -0.295 e. The third kappa shape index (κ3) is 5.29. The molecule has 0 heterocycles. The predicted molar refractivity (Wildman–Crippen MR) is 108 cm³/mol. The molecular weight excluding hydrogens is 294 g/mol. The highest BCUT2D eigenvalue weighted by Gasteiger charge is 2.19. The van der Waals surface area contributed by atoms with Crippen molar-refractivity contribution in [2.45, 2.75) is 79.6 Å². The van der Waals surface area contributed by atoms with E-state index in [1.807, 2.05) is 27.8 Å². The second-order valence-corrected chi connectivity index (χ2v) is 6.61. The third-order valence-electron chi connectivity index (χ3n) is 5.00. The van der Waals surface area contributed by atoms with E-state index in [1.54, 1.807) is 6.92 Å². The third-order valence-corrected chi connectivity index (χ3v) is 5.00. The van der Waals surface area contributed by atoms with Gasteiger partial charge in [-0.2, -0.15) is 0 Å². The van der Waals surface area contributed by atoms with Crippen molar-refractivity contribution >= 4 is 11.5 Å². The summed E-state index contributed by atoms with van der Waals surface area (Å²) < 4.78 is 0. The number of aliphatic imine (C=N–C) groups is 1. The van der Waals surface area contributed by atoms with E-state index in [4.69, 9.17) is 0 Å². The topological polar surface area (TPSA) is 29.4 Å². The molecular formula is C22H37NO. The quantitative estimate of drug-likeness (QED) is 0.452. The lowest BCUT2D eigenvalue weighted by atomic mass is 9.83. The van der Waals surface area contributed by atoms with Crippen molar-refractivity contribution in [1.29, 1.82) is 0 Å². The predicted octanol–water partition coefficient (Wildman–Crippen LogP) is 6.42. The van der Waals surface area contributed by atoms with Crippen molar-refractivity contribution in [3.05, 3.63) is 34.4 Å². The smallest absolute Gasteiger partial charge is 0.160 e. The lowest BCUT2D eigenvalue weighted by molar-refractivity contribution is 0.101. The van der Waals surface area contributed by atoms with Crippen LogP contribution in [0.5, 0.6) is 0 Å². The monoisotopic (exact) mass is 331 g/mol. The van der Waals surface area contributed by atoms with Crippen LogP contribution in [0.2, 0.25) is 0 Å². The Morgan fingerprint density at radius 1 is 1.17 bits per heavy atom. The van der Waals surface area contributed by atoms with Gasteiger partial charge in [-0.15, -0.1) is 0 Å². The molecule has 0 bridgehead atoms. The lowest BCUT2D eigenvalue weighted by Crippen LogP contribution is -2.15. The minimum atomic E-state index is 0. The zero-order chi connectivity index (χ0) is 18.1. The van der Waals surface area contributed by atoms with Crippen molar-refractivity contribution in [3.63, 3.8) is 0 Å². The SMILES string of the molecule is CC.CCc1cc(C)c(C(C)=O)cc1C(CC1CCCCC1)=NC.[HH]. The van der Waals surface area contributed by atoms with E-state index < -0.39 is 0 Å². The van der Waals surface area contributed by atoms with E-state index in [1.165, 1.54) is 48.9 Å². The summed E-state index contributed by atoms with van der Waals surface area (Å²) in [5.74, 6) is 0.911. The van der Waals surface area contributed by atoms with E-state index in [-0.39, 0.29) is 7.21 Å². The number of ketones is 1. The highest BCUT2D eigenvalue weighted by molar-refractivity contribution is 6.05. The Morgan fingerprint density at radius 3 is 2.29 bits per heavy atom. The average molecular weight is 332 g/mol. The normalized spacial score (nSPS) is 15.7. The number of carbonyl (C=O) groups excluding carboxylic acids is 1. The maximum atomic E-state index is 11.9. The summed E-state index contributed by atoms with van der Waals surface area (Å²) in [6.45, 7) is 9.87. The molecule has 0 atom stereocenters. The Hall–Kier alpha value is -1.44. The van der Waals surface area contributed by atoms with Crippen LogP contribution in [-0.2, 0) is 6.42 Å². The molecule has 136 valence electrons. The van der Waals surface area contributed by atoms with Gasteiger partial charge in [-0.3, -0.25) is 9.79 Å². The van der Waals surface area contributed by atoms with Crippen LogP contribution in [-0.4, -0.2) is 18.5 Å². The molecule has 0 aliphatic heterocycles. The van der Waals surface area contributed by atoms with Gasteiger partial charge in [0.1, 0.15) is 0 Å². The summed E-state index contributed by atoms with van der Waals surface area (Å²) in [5, 5.41) is 0. The van der Waals surface area contributed by atoms with E-state index in [9.17, 15) is 4.79 Å². The zero-order valence-corrected chi connectivity index (χ0v) is 16.5. The first-order valence-corrected chi connectivity index (χ1v) is 9.67. The van der Waals surface area contributed by atoms with Gasteiger partial charge in [0, 0.05) is 19.7 Å². The Morgan fingerprint density at radius 2 is 1.79 bits per heavy atom. The number of carbonyl (C=O) groups is 1. The summed E-state index contributed by atoms with van der Waals surface area (Å²) in [6.07, 6.45) is 8.79. The number of hydrogen-bond acceptors (Lipinski definition) is 2. The summed E-state index contributed by atoms with van der Waals surface area (Å²) in [7, 11) is 1.89. The van der Waals surface area contributed by atoms with Crippen LogP contribution in [0.4, 0.5) is 0 Å². The number of hydrogen-bond donors (Lipinski definition) is 0. The number of aryl methyl sites for hydroxylation is 2. The van der Waals surface area contributed by atoms with Crippen LogP contribution >= 0.6 is 0 Å². The number of rotatable bonds is 5. The first-order chi connectivity index (χ1) is 11.6. The van der Waals surface area contributed by atoms with Crippen LogP contribution in [0.15, 0.2) is 17.1 Å². The molecule has 0 amide bonds. The van der Waals surface area contributed by atoms with Crippen molar-refractivity contribution in [2.75, 3.05) is 7.05 Å². The molecule has 1 aliphatic rings. The molecule has 1 saturated carbocycles. The molecule has 1 fully saturated rings. The van der Waals surface area contributed by atoms with Crippen LogP contribution in [0, 0.1) is 12.8 Å². The van der Waals surface area contributed by atoms with E-state index in [0.717, 1.165) is 29.9 Å². The Balaban J connectivity index is 0.00000185. The first kappa shape index (κ1) is 20.6. The Bertz CT molecular complexity index is 572. The van der Waals surface area contributed by atoms with E-state index in [2.05, 4.69) is 24.0 Å². The van der Waals surface area contributed by atoms with Crippen LogP contribution in [0.3, 0.4) is 0 Å². The van der Waals surface area contributed by atoms with Crippen molar-refractivity contribution < 1.29 is 6.22 Å². The van der Waals surface area contributed by atoms with Crippen molar-refractivity contribution in [3.8, 4) is 0 Å². The van der Waals surface area contributed by atoms with Crippen LogP contribution in [0.25, 0.3) is 0 Å². The maximum absolute atomic E-state index is 11.9. The summed E-state index contributed by atoms with van der Waals surface area (Å²) >= 11 is 0. The molecule has 2 heteroatoms. The van der Waals surface area contributed by atoms with Gasteiger partial charge in [-0.1, -0.05) is 58.9 Å². The molecule has 1 aliphatic carbocycles. The molecule has 0 unspecified atom stereocenters. The number of Topliss-reactive ketones (excluding diaryl/α,β-unsaturated/α-hetero) is 1. The highest BCUT2D eigenvalue weighted by Crippen LogP contribution is 2.29. The molecule has 0 saturated heterocycles. The van der Waals surface area contributed by atoms with Crippen molar-refractivity contribution in [2.24, 2.45) is 10.9 Å². The van der Waals surface area contributed by atoms with Gasteiger partial charge in [0.25, 0.3) is 0 Å². The van der Waals surface area contributed by atoms with Gasteiger partial charge < -0.3 is 0 Å². The molecule has 1 aromatic carbocycles. The zero-order valence-electron chi connectivity index (χ0n) is 16.5. The largest absolute Gasteiger partial charge is 0.295 e. The fourth-order valence-corrected chi connectivity index (χ4v) is 3.69. The van der Waals surface area contributed by atoms with Gasteiger partial charge in [-0.05, 0) is 55.4 Å². The molecule has 0 N–H and O–H groups in total. The van der Waals surface area contributed by atoms with E-state index in [0.29, 0.717) is 0 Å². The molecule has 0 radical (unpaired) electrons. The number of benzene rings is 1. The summed E-state index contributed by atoms with van der Waals surface area (Å²) in [5.41, 5.74) is 5.63. The maximum Gasteiger partial charge on any atom is 0.160 e. The van der Waals surface area contributed by atoms with Gasteiger partial charge in [-0.25, -0.2) is 0 Å². The van der Waals surface area contributed by atoms with Crippen LogP contribution in [0.1, 0.15) is 94.7 Å². The molecule has 2 rings (SSSR count). The van der Waals surface area contributed by atoms with Crippen LogP contribution < -0.4 is 0 Å². The number of nitrogens with zero attached hydrogens (tertiary/aromatic N) is 1. The van der Waals surface area contributed by atoms with Gasteiger partial charge >= 0.3 is 0 Å². The lowest BCUT2D eigenvalue weighted by Gasteiger charge is -2.23.